The van der Waals surface area contributed by atoms with Crippen LogP contribution >= 0.6 is 0 Å². The third-order valence-corrected chi connectivity index (χ3v) is 3.46. The molecule has 0 spiro atoms. The number of ether oxygens (including phenoxy) is 2. The molecule has 3 N–H and O–H groups in total. The van der Waals surface area contributed by atoms with Crippen LogP contribution in [0.2, 0.25) is 0 Å². The molecule has 0 radical (unpaired) electrons. The van der Waals surface area contributed by atoms with Crippen molar-refractivity contribution in [2.45, 2.75) is 20.1 Å². The van der Waals surface area contributed by atoms with Crippen LogP contribution in [0.3, 0.4) is 0 Å². The molecule has 0 heterocycles. The number of anilines is 1. The number of rotatable bonds is 9. The zero-order valence-corrected chi connectivity index (χ0v) is 15.2. The number of amides is 3. The molecule has 7 nitrogen and oxygen atoms in total. The topological polar surface area (TPSA) is 88.7 Å². The maximum atomic E-state index is 12.1. The maximum Gasteiger partial charge on any atom is 0.387 e. The minimum atomic E-state index is -2.87. The highest BCUT2D eigenvalue weighted by Crippen LogP contribution is 2.16. The lowest BCUT2D eigenvalue weighted by atomic mass is 10.2. The number of benzene rings is 2. The molecule has 2 aromatic rings. The molecule has 2 rings (SSSR count). The predicted octanol–water partition coefficient (Wildman–Crippen LogP) is 3.12. The van der Waals surface area contributed by atoms with E-state index in [2.05, 4.69) is 20.7 Å². The highest BCUT2D eigenvalue weighted by Gasteiger charge is 2.06. The van der Waals surface area contributed by atoms with Crippen LogP contribution in [0.1, 0.15) is 12.5 Å². The van der Waals surface area contributed by atoms with E-state index in [1.807, 2.05) is 6.92 Å². The van der Waals surface area contributed by atoms with Crippen molar-refractivity contribution in [3.63, 3.8) is 0 Å². The van der Waals surface area contributed by atoms with Gasteiger partial charge in [-0.05, 0) is 48.9 Å². The molecule has 0 bridgehead atoms. The van der Waals surface area contributed by atoms with Crippen LogP contribution in [0.5, 0.6) is 11.5 Å². The summed E-state index contributed by atoms with van der Waals surface area (Å²) in [4.78, 5) is 23.3. The van der Waals surface area contributed by atoms with Crippen LogP contribution in [0.4, 0.5) is 19.3 Å². The molecule has 0 aliphatic rings. The first-order valence-corrected chi connectivity index (χ1v) is 8.54. The summed E-state index contributed by atoms with van der Waals surface area (Å²) in [6.07, 6.45) is 0. The summed E-state index contributed by atoms with van der Waals surface area (Å²) < 4.78 is 33.8. The van der Waals surface area contributed by atoms with E-state index in [-0.39, 0.29) is 24.8 Å². The summed E-state index contributed by atoms with van der Waals surface area (Å²) in [5.74, 6) is 0.346. The lowest BCUT2D eigenvalue weighted by molar-refractivity contribution is -0.122. The Kier molecular flexibility index (Phi) is 8.01. The predicted molar refractivity (Wildman–Crippen MR) is 99.6 cm³/mol. The lowest BCUT2D eigenvalue weighted by Gasteiger charge is -2.10. The molecule has 0 saturated heterocycles. The van der Waals surface area contributed by atoms with Gasteiger partial charge in [0, 0.05) is 18.8 Å². The zero-order valence-electron chi connectivity index (χ0n) is 15.2. The first-order valence-electron chi connectivity index (χ1n) is 8.54. The molecule has 3 amide bonds. The van der Waals surface area contributed by atoms with Crippen LogP contribution in [0.25, 0.3) is 0 Å². The van der Waals surface area contributed by atoms with Gasteiger partial charge in [0.1, 0.15) is 11.5 Å². The number of carbonyl (C=O) groups is 2. The monoisotopic (exact) mass is 393 g/mol. The highest BCUT2D eigenvalue weighted by atomic mass is 19.3. The van der Waals surface area contributed by atoms with Crippen molar-refractivity contribution < 1.29 is 27.8 Å². The highest BCUT2D eigenvalue weighted by molar-refractivity contribution is 5.89. The molecule has 2 aromatic carbocycles. The van der Waals surface area contributed by atoms with Gasteiger partial charge < -0.3 is 25.4 Å². The van der Waals surface area contributed by atoms with Gasteiger partial charge in [0.25, 0.3) is 5.91 Å². The molecule has 9 heteroatoms. The second-order valence-corrected chi connectivity index (χ2v) is 5.60. The molecule has 0 fully saturated rings. The van der Waals surface area contributed by atoms with Crippen molar-refractivity contribution in [3.8, 4) is 11.5 Å². The summed E-state index contributed by atoms with van der Waals surface area (Å²) in [6, 6.07) is 12.1. The molecule has 28 heavy (non-hydrogen) atoms. The van der Waals surface area contributed by atoms with Gasteiger partial charge in [-0.25, -0.2) is 4.79 Å². The van der Waals surface area contributed by atoms with Crippen LogP contribution in [-0.2, 0) is 11.3 Å². The molecule has 0 aliphatic heterocycles. The number of carbonyl (C=O) groups excluding carboxylic acids is 2. The molecule has 0 saturated carbocycles. The average molecular weight is 393 g/mol. The number of alkyl halides is 2. The quantitative estimate of drug-likeness (QED) is 0.611. The number of halogens is 2. The Hall–Kier alpha value is -3.36. The Morgan fingerprint density at radius 3 is 2.21 bits per heavy atom. The van der Waals surface area contributed by atoms with E-state index in [0.717, 1.165) is 5.56 Å². The largest absolute Gasteiger partial charge is 0.484 e. The third-order valence-electron chi connectivity index (χ3n) is 3.46. The number of hydrogen-bond donors (Lipinski definition) is 3. The van der Waals surface area contributed by atoms with Gasteiger partial charge in [-0.2, -0.15) is 8.78 Å². The molecule has 0 aliphatic carbocycles. The van der Waals surface area contributed by atoms with E-state index < -0.39 is 12.6 Å². The standard InChI is InChI=1S/C19H21F2N3O4/c1-2-22-17(25)12-27-15-9-5-14(6-10-15)24-19(26)23-11-13-3-7-16(8-4-13)28-18(20)21/h3-10,18H,2,11-12H2,1H3,(H,22,25)(H2,23,24,26). The maximum absolute atomic E-state index is 12.1. The van der Waals surface area contributed by atoms with Crippen molar-refractivity contribution in [3.05, 3.63) is 54.1 Å². The van der Waals surface area contributed by atoms with E-state index in [9.17, 15) is 18.4 Å². The second-order valence-electron chi connectivity index (χ2n) is 5.60. The van der Waals surface area contributed by atoms with Crippen molar-refractivity contribution in [2.24, 2.45) is 0 Å². The zero-order chi connectivity index (χ0) is 20.4. The van der Waals surface area contributed by atoms with Crippen LogP contribution in [0.15, 0.2) is 48.5 Å². The Morgan fingerprint density at radius 1 is 0.964 bits per heavy atom. The fourth-order valence-corrected chi connectivity index (χ4v) is 2.18. The average Bonchev–Trinajstić information content (AvgIpc) is 2.67. The van der Waals surface area contributed by atoms with E-state index in [1.165, 1.54) is 12.1 Å². The molecule has 0 atom stereocenters. The smallest absolute Gasteiger partial charge is 0.387 e. The van der Waals surface area contributed by atoms with Crippen molar-refractivity contribution in [1.29, 1.82) is 0 Å². The minimum absolute atomic E-state index is 0.0534. The van der Waals surface area contributed by atoms with Crippen molar-refractivity contribution in [1.82, 2.24) is 10.6 Å². The van der Waals surface area contributed by atoms with Crippen LogP contribution in [-0.4, -0.2) is 31.7 Å². The van der Waals surface area contributed by atoms with Gasteiger partial charge in [-0.3, -0.25) is 4.79 Å². The summed E-state index contributed by atoms with van der Waals surface area (Å²) in [5, 5.41) is 7.93. The lowest BCUT2D eigenvalue weighted by Crippen LogP contribution is -2.28. The summed E-state index contributed by atoms with van der Waals surface area (Å²) in [5.41, 5.74) is 1.27. The Morgan fingerprint density at radius 2 is 1.61 bits per heavy atom. The van der Waals surface area contributed by atoms with Gasteiger partial charge in [0.2, 0.25) is 0 Å². The number of urea groups is 1. The second kappa shape index (κ2) is 10.7. The van der Waals surface area contributed by atoms with Gasteiger partial charge in [0.15, 0.2) is 6.61 Å². The number of likely N-dealkylation sites (N-methyl/N-ethyl adjacent to an activating group) is 1. The fourth-order valence-electron chi connectivity index (χ4n) is 2.18. The van der Waals surface area contributed by atoms with Crippen LogP contribution < -0.4 is 25.4 Å². The van der Waals surface area contributed by atoms with E-state index in [0.29, 0.717) is 18.0 Å². The van der Waals surface area contributed by atoms with Crippen molar-refractivity contribution in [2.75, 3.05) is 18.5 Å². The van der Waals surface area contributed by atoms with E-state index >= 15 is 0 Å². The Bertz CT molecular complexity index is 768. The number of hydrogen-bond acceptors (Lipinski definition) is 4. The van der Waals surface area contributed by atoms with Crippen molar-refractivity contribution >= 4 is 17.6 Å². The van der Waals surface area contributed by atoms with Crippen LogP contribution in [0, 0.1) is 0 Å². The van der Waals surface area contributed by atoms with E-state index in [4.69, 9.17) is 4.74 Å². The first kappa shape index (κ1) is 20.9. The third kappa shape index (κ3) is 7.48. The molecule has 150 valence electrons. The Labute approximate surface area is 161 Å². The normalized spacial score (nSPS) is 10.3. The summed E-state index contributed by atoms with van der Waals surface area (Å²) in [6.45, 7) is -0.384. The van der Waals surface area contributed by atoms with Gasteiger partial charge in [-0.1, -0.05) is 12.1 Å². The molecular formula is C19H21F2N3O4. The van der Waals surface area contributed by atoms with Gasteiger partial charge >= 0.3 is 12.6 Å². The summed E-state index contributed by atoms with van der Waals surface area (Å²) in [7, 11) is 0. The molecular weight excluding hydrogens is 372 g/mol. The molecule has 0 unspecified atom stereocenters. The van der Waals surface area contributed by atoms with E-state index in [1.54, 1.807) is 36.4 Å². The fraction of sp³-hybridized carbons (Fsp3) is 0.263. The number of nitrogens with one attached hydrogen (secondary N) is 3. The Balaban J connectivity index is 1.75. The van der Waals surface area contributed by atoms with Gasteiger partial charge in [0.05, 0.1) is 0 Å². The molecule has 0 aromatic heterocycles. The van der Waals surface area contributed by atoms with Gasteiger partial charge in [-0.15, -0.1) is 0 Å². The summed E-state index contributed by atoms with van der Waals surface area (Å²) >= 11 is 0. The SMILES string of the molecule is CCNC(=O)COc1ccc(NC(=O)NCc2ccc(OC(F)F)cc2)cc1. The minimum Gasteiger partial charge on any atom is -0.484 e. The first-order chi connectivity index (χ1) is 13.5.